The first-order chi connectivity index (χ1) is 9.11. The first-order valence-corrected chi connectivity index (χ1v) is 6.01. The Morgan fingerprint density at radius 3 is 2.79 bits per heavy atom. The van der Waals surface area contributed by atoms with E-state index in [9.17, 15) is 4.79 Å². The van der Waals surface area contributed by atoms with Crippen molar-refractivity contribution in [2.45, 2.75) is 13.5 Å². The summed E-state index contributed by atoms with van der Waals surface area (Å²) in [5.74, 6) is 0.602. The minimum Gasteiger partial charge on any atom is -0.388 e. The summed E-state index contributed by atoms with van der Waals surface area (Å²) in [6.45, 7) is 2.33. The number of rotatable bonds is 4. The predicted molar refractivity (Wildman–Crippen MR) is 72.9 cm³/mol. The third-order valence-corrected chi connectivity index (χ3v) is 2.97. The van der Waals surface area contributed by atoms with E-state index >= 15 is 0 Å². The van der Waals surface area contributed by atoms with E-state index in [1.54, 1.807) is 17.0 Å². The highest BCUT2D eigenvalue weighted by molar-refractivity contribution is 5.94. The average molecular weight is 259 g/mol. The lowest BCUT2D eigenvalue weighted by molar-refractivity contribution is 0.0949. The first-order valence-electron chi connectivity index (χ1n) is 6.01. The summed E-state index contributed by atoms with van der Waals surface area (Å²) in [7, 11) is 3.70. The van der Waals surface area contributed by atoms with E-state index in [1.807, 2.05) is 33.2 Å². The van der Waals surface area contributed by atoms with E-state index in [0.717, 1.165) is 17.1 Å². The summed E-state index contributed by atoms with van der Waals surface area (Å²) >= 11 is 0. The standard InChI is InChI=1S/C13H17N5O/c1-9-6-10(4-5-11(9)14-2)13(19)15-7-12-17-16-8-18(12)3/h4-6,8,14H,7H2,1-3H3,(H,15,19). The highest BCUT2D eigenvalue weighted by Crippen LogP contribution is 2.15. The fraction of sp³-hybridized carbons (Fsp3) is 0.308. The van der Waals surface area contributed by atoms with E-state index in [4.69, 9.17) is 0 Å². The van der Waals surface area contributed by atoms with Crippen molar-refractivity contribution >= 4 is 11.6 Å². The topological polar surface area (TPSA) is 71.8 Å². The zero-order valence-electron chi connectivity index (χ0n) is 11.3. The Hall–Kier alpha value is -2.37. The number of hydrogen-bond acceptors (Lipinski definition) is 4. The number of nitrogens with zero attached hydrogens (tertiary/aromatic N) is 3. The van der Waals surface area contributed by atoms with Gasteiger partial charge in [-0.05, 0) is 30.7 Å². The molecule has 100 valence electrons. The van der Waals surface area contributed by atoms with Gasteiger partial charge in [0.05, 0.1) is 6.54 Å². The molecule has 0 bridgehead atoms. The van der Waals surface area contributed by atoms with Gasteiger partial charge in [-0.3, -0.25) is 4.79 Å². The summed E-state index contributed by atoms with van der Waals surface area (Å²) in [4.78, 5) is 12.0. The maximum Gasteiger partial charge on any atom is 0.251 e. The number of aromatic nitrogens is 3. The number of nitrogens with one attached hydrogen (secondary N) is 2. The molecule has 0 saturated heterocycles. The quantitative estimate of drug-likeness (QED) is 0.862. The minimum atomic E-state index is -0.117. The van der Waals surface area contributed by atoms with Crippen LogP contribution in [0.25, 0.3) is 0 Å². The molecular formula is C13H17N5O. The molecule has 19 heavy (non-hydrogen) atoms. The number of anilines is 1. The minimum absolute atomic E-state index is 0.117. The molecule has 1 aromatic carbocycles. The molecule has 0 unspecified atom stereocenters. The van der Waals surface area contributed by atoms with Gasteiger partial charge >= 0.3 is 0 Å². The summed E-state index contributed by atoms with van der Waals surface area (Å²) in [6, 6.07) is 5.55. The zero-order valence-corrected chi connectivity index (χ0v) is 11.3. The van der Waals surface area contributed by atoms with Crippen molar-refractivity contribution in [1.29, 1.82) is 0 Å². The summed E-state index contributed by atoms with van der Waals surface area (Å²) in [5, 5.41) is 13.6. The number of aryl methyl sites for hydroxylation is 2. The maximum atomic E-state index is 12.0. The van der Waals surface area contributed by atoms with Gasteiger partial charge in [-0.15, -0.1) is 10.2 Å². The molecular weight excluding hydrogens is 242 g/mol. The van der Waals surface area contributed by atoms with E-state index < -0.39 is 0 Å². The van der Waals surface area contributed by atoms with Gasteiger partial charge in [0.2, 0.25) is 0 Å². The molecule has 1 amide bonds. The maximum absolute atomic E-state index is 12.0. The SMILES string of the molecule is CNc1ccc(C(=O)NCc2nncn2C)cc1C. The molecule has 0 saturated carbocycles. The molecule has 2 N–H and O–H groups in total. The molecule has 2 aromatic rings. The van der Waals surface area contributed by atoms with Crippen LogP contribution < -0.4 is 10.6 Å². The van der Waals surface area contributed by atoms with E-state index in [0.29, 0.717) is 12.1 Å². The van der Waals surface area contributed by atoms with Crippen LogP contribution >= 0.6 is 0 Å². The molecule has 6 heteroatoms. The zero-order chi connectivity index (χ0) is 13.8. The molecule has 0 radical (unpaired) electrons. The van der Waals surface area contributed by atoms with Crippen LogP contribution in [-0.4, -0.2) is 27.7 Å². The predicted octanol–water partition coefficient (Wildman–Crippen LogP) is 1.10. The third kappa shape index (κ3) is 2.90. The van der Waals surface area contributed by atoms with Crippen LogP contribution in [-0.2, 0) is 13.6 Å². The second-order valence-electron chi connectivity index (χ2n) is 4.32. The second-order valence-corrected chi connectivity index (χ2v) is 4.32. The monoisotopic (exact) mass is 259 g/mol. The number of benzene rings is 1. The normalized spacial score (nSPS) is 10.3. The number of hydrogen-bond donors (Lipinski definition) is 2. The molecule has 6 nitrogen and oxygen atoms in total. The van der Waals surface area contributed by atoms with E-state index in [-0.39, 0.29) is 5.91 Å². The van der Waals surface area contributed by atoms with Gasteiger partial charge in [-0.25, -0.2) is 0 Å². The Kier molecular flexibility index (Phi) is 3.79. The van der Waals surface area contributed by atoms with Crippen LogP contribution in [0.15, 0.2) is 24.5 Å². The number of carbonyl (C=O) groups is 1. The van der Waals surface area contributed by atoms with E-state index in [2.05, 4.69) is 20.8 Å². The van der Waals surface area contributed by atoms with Gasteiger partial charge in [0.15, 0.2) is 5.82 Å². The Morgan fingerprint density at radius 1 is 1.42 bits per heavy atom. The lowest BCUT2D eigenvalue weighted by Gasteiger charge is -2.08. The van der Waals surface area contributed by atoms with Gasteiger partial charge in [-0.2, -0.15) is 0 Å². The molecule has 1 aromatic heterocycles. The third-order valence-electron chi connectivity index (χ3n) is 2.97. The van der Waals surface area contributed by atoms with Crippen molar-refractivity contribution in [2.75, 3.05) is 12.4 Å². The number of amides is 1. The lowest BCUT2D eigenvalue weighted by atomic mass is 10.1. The molecule has 0 aliphatic carbocycles. The van der Waals surface area contributed by atoms with Gasteiger partial charge in [0.25, 0.3) is 5.91 Å². The summed E-state index contributed by atoms with van der Waals surface area (Å²) < 4.78 is 1.77. The van der Waals surface area contributed by atoms with Crippen molar-refractivity contribution in [1.82, 2.24) is 20.1 Å². The van der Waals surface area contributed by atoms with Crippen molar-refractivity contribution in [3.05, 3.63) is 41.5 Å². The van der Waals surface area contributed by atoms with Crippen molar-refractivity contribution in [2.24, 2.45) is 7.05 Å². The Labute approximate surface area is 111 Å². The highest BCUT2D eigenvalue weighted by atomic mass is 16.1. The van der Waals surface area contributed by atoms with Crippen LogP contribution in [0.1, 0.15) is 21.7 Å². The van der Waals surface area contributed by atoms with Crippen LogP contribution in [0.4, 0.5) is 5.69 Å². The molecule has 0 atom stereocenters. The molecule has 1 heterocycles. The van der Waals surface area contributed by atoms with Crippen molar-refractivity contribution in [3.63, 3.8) is 0 Å². The fourth-order valence-corrected chi connectivity index (χ4v) is 1.81. The Balaban J connectivity index is 2.04. The van der Waals surface area contributed by atoms with E-state index in [1.165, 1.54) is 0 Å². The second kappa shape index (κ2) is 5.51. The van der Waals surface area contributed by atoms with Crippen LogP contribution in [0.5, 0.6) is 0 Å². The molecule has 0 aliphatic heterocycles. The summed E-state index contributed by atoms with van der Waals surface area (Å²) in [6.07, 6.45) is 1.60. The lowest BCUT2D eigenvalue weighted by Crippen LogP contribution is -2.24. The van der Waals surface area contributed by atoms with Gasteiger partial charge in [0.1, 0.15) is 6.33 Å². The smallest absolute Gasteiger partial charge is 0.251 e. The van der Waals surface area contributed by atoms with Crippen molar-refractivity contribution in [3.8, 4) is 0 Å². The van der Waals surface area contributed by atoms with Gasteiger partial charge in [0, 0.05) is 25.3 Å². The fourth-order valence-electron chi connectivity index (χ4n) is 1.81. The Bertz CT molecular complexity index is 590. The molecule has 0 aliphatic rings. The molecule has 0 fully saturated rings. The highest BCUT2D eigenvalue weighted by Gasteiger charge is 2.08. The Morgan fingerprint density at radius 2 is 2.21 bits per heavy atom. The van der Waals surface area contributed by atoms with Crippen LogP contribution in [0.2, 0.25) is 0 Å². The van der Waals surface area contributed by atoms with Crippen molar-refractivity contribution < 1.29 is 4.79 Å². The first kappa shape index (κ1) is 13.1. The largest absolute Gasteiger partial charge is 0.388 e. The summed E-state index contributed by atoms with van der Waals surface area (Å²) in [5.41, 5.74) is 2.69. The molecule has 0 spiro atoms. The van der Waals surface area contributed by atoms with Gasteiger partial charge in [-0.1, -0.05) is 0 Å². The van der Waals surface area contributed by atoms with Crippen LogP contribution in [0.3, 0.4) is 0 Å². The van der Waals surface area contributed by atoms with Crippen LogP contribution in [0, 0.1) is 6.92 Å². The molecule has 2 rings (SSSR count). The van der Waals surface area contributed by atoms with Gasteiger partial charge < -0.3 is 15.2 Å². The average Bonchev–Trinajstić information content (AvgIpc) is 2.81. The number of carbonyl (C=O) groups excluding carboxylic acids is 1.